The van der Waals surface area contributed by atoms with Crippen molar-refractivity contribution in [2.45, 2.75) is 32.9 Å². The number of hydrogen-bond donors (Lipinski definition) is 1. The van der Waals surface area contributed by atoms with Crippen molar-refractivity contribution < 1.29 is 9.90 Å². The average molecular weight is 353 g/mol. The third kappa shape index (κ3) is 4.29. The Balaban J connectivity index is 1.73. The highest BCUT2D eigenvalue weighted by molar-refractivity contribution is 5.76. The lowest BCUT2D eigenvalue weighted by Crippen LogP contribution is -2.37. The van der Waals surface area contributed by atoms with Gasteiger partial charge in [0.15, 0.2) is 0 Å². The molecule has 0 saturated carbocycles. The van der Waals surface area contributed by atoms with E-state index < -0.39 is 12.0 Å². The molecule has 2 aromatic rings. The van der Waals surface area contributed by atoms with Gasteiger partial charge in [-0.05, 0) is 61.2 Å². The molecule has 0 spiro atoms. The zero-order valence-corrected chi connectivity index (χ0v) is 15.6. The fraction of sp³-hybridized carbons (Fsp3) is 0.429. The average Bonchev–Trinajstić information content (AvgIpc) is 2.85. The number of aromatic nitrogens is 1. The van der Waals surface area contributed by atoms with Crippen LogP contribution in [0.15, 0.2) is 42.7 Å². The van der Waals surface area contributed by atoms with Crippen LogP contribution in [0.25, 0.3) is 0 Å². The summed E-state index contributed by atoms with van der Waals surface area (Å²) in [5.74, 6) is -0.763. The van der Waals surface area contributed by atoms with Crippen LogP contribution >= 0.6 is 0 Å². The minimum atomic E-state index is -0.763. The Kier molecular flexibility index (Phi) is 6.01. The second-order valence-corrected chi connectivity index (χ2v) is 7.05. The number of aliphatic carboxylic acids is 1. The standard InChI is InChI=1S/C21H27N3O2/c1-16-5-3-6-19(17(16)2)20(21(25)26)24-12-4-11-23(13-14-24)15-18-7-9-22-10-8-18/h3,5-10,20H,4,11-15H2,1-2H3,(H,25,26). The molecule has 3 rings (SSSR count). The number of hydrogen-bond acceptors (Lipinski definition) is 4. The Morgan fingerprint density at radius 2 is 1.88 bits per heavy atom. The first-order valence-electron chi connectivity index (χ1n) is 9.20. The highest BCUT2D eigenvalue weighted by Crippen LogP contribution is 2.27. The Bertz CT molecular complexity index is 748. The highest BCUT2D eigenvalue weighted by Gasteiger charge is 2.30. The zero-order chi connectivity index (χ0) is 18.5. The molecule has 5 nitrogen and oxygen atoms in total. The van der Waals surface area contributed by atoms with Gasteiger partial charge >= 0.3 is 5.97 Å². The van der Waals surface area contributed by atoms with Crippen molar-refractivity contribution in [2.75, 3.05) is 26.2 Å². The second kappa shape index (κ2) is 8.43. The van der Waals surface area contributed by atoms with Gasteiger partial charge in [-0.2, -0.15) is 0 Å². The van der Waals surface area contributed by atoms with Crippen molar-refractivity contribution in [1.82, 2.24) is 14.8 Å². The molecule has 1 aliphatic heterocycles. The normalized spacial score (nSPS) is 17.6. The Labute approximate surface area is 155 Å². The fourth-order valence-corrected chi connectivity index (χ4v) is 3.71. The molecule has 1 saturated heterocycles. The Hall–Kier alpha value is -2.24. The molecule has 1 unspecified atom stereocenters. The lowest BCUT2D eigenvalue weighted by molar-refractivity contribution is -0.143. The van der Waals surface area contributed by atoms with E-state index in [1.807, 2.05) is 56.6 Å². The van der Waals surface area contributed by atoms with Gasteiger partial charge in [-0.3, -0.25) is 19.6 Å². The lowest BCUT2D eigenvalue weighted by Gasteiger charge is -2.29. The van der Waals surface area contributed by atoms with E-state index in [9.17, 15) is 9.90 Å². The predicted molar refractivity (Wildman–Crippen MR) is 102 cm³/mol. The van der Waals surface area contributed by atoms with Crippen molar-refractivity contribution in [1.29, 1.82) is 0 Å². The van der Waals surface area contributed by atoms with Gasteiger partial charge in [0.25, 0.3) is 0 Å². The van der Waals surface area contributed by atoms with E-state index in [1.54, 1.807) is 0 Å². The monoisotopic (exact) mass is 353 g/mol. The van der Waals surface area contributed by atoms with Crippen LogP contribution in [0.5, 0.6) is 0 Å². The molecule has 26 heavy (non-hydrogen) atoms. The minimum Gasteiger partial charge on any atom is -0.480 e. The van der Waals surface area contributed by atoms with Crippen LogP contribution in [0.2, 0.25) is 0 Å². The van der Waals surface area contributed by atoms with Crippen LogP contribution in [0.3, 0.4) is 0 Å². The number of aryl methyl sites for hydroxylation is 1. The van der Waals surface area contributed by atoms with Crippen LogP contribution < -0.4 is 0 Å². The minimum absolute atomic E-state index is 0.573. The summed E-state index contributed by atoms with van der Waals surface area (Å²) in [5, 5.41) is 9.92. The molecule has 1 atom stereocenters. The van der Waals surface area contributed by atoms with Crippen LogP contribution in [0.1, 0.15) is 34.7 Å². The molecule has 138 valence electrons. The number of benzene rings is 1. The van der Waals surface area contributed by atoms with E-state index in [0.717, 1.165) is 55.8 Å². The topological polar surface area (TPSA) is 56.7 Å². The molecule has 0 bridgehead atoms. The third-order valence-electron chi connectivity index (χ3n) is 5.32. The number of carbonyl (C=O) groups is 1. The van der Waals surface area contributed by atoms with Crippen molar-refractivity contribution in [2.24, 2.45) is 0 Å². The predicted octanol–water partition coefficient (Wildman–Crippen LogP) is 3.03. The molecular weight excluding hydrogens is 326 g/mol. The smallest absolute Gasteiger partial charge is 0.325 e. The maximum atomic E-state index is 12.1. The lowest BCUT2D eigenvalue weighted by atomic mass is 9.96. The van der Waals surface area contributed by atoms with Gasteiger partial charge in [0.2, 0.25) is 0 Å². The maximum absolute atomic E-state index is 12.1. The van der Waals surface area contributed by atoms with E-state index >= 15 is 0 Å². The van der Waals surface area contributed by atoms with Crippen molar-refractivity contribution in [3.05, 3.63) is 65.0 Å². The first-order valence-corrected chi connectivity index (χ1v) is 9.20. The van der Waals surface area contributed by atoms with Crippen LogP contribution in [-0.4, -0.2) is 52.0 Å². The SMILES string of the molecule is Cc1cccc(C(C(=O)O)N2CCCN(Cc3ccncc3)CC2)c1C. The van der Waals surface area contributed by atoms with Crippen molar-refractivity contribution in [3.63, 3.8) is 0 Å². The molecule has 1 aliphatic rings. The molecule has 5 heteroatoms. The summed E-state index contributed by atoms with van der Waals surface area (Å²) >= 11 is 0. The quantitative estimate of drug-likeness (QED) is 0.895. The number of carboxylic acid groups (broad SMARTS) is 1. The molecule has 0 aliphatic carbocycles. The second-order valence-electron chi connectivity index (χ2n) is 7.05. The molecule has 1 fully saturated rings. The summed E-state index contributed by atoms with van der Waals surface area (Å²) in [5.41, 5.74) is 4.39. The first-order chi connectivity index (χ1) is 12.6. The number of nitrogens with zero attached hydrogens (tertiary/aromatic N) is 3. The van der Waals surface area contributed by atoms with Gasteiger partial charge in [0.1, 0.15) is 6.04 Å². The van der Waals surface area contributed by atoms with Gasteiger partial charge in [-0.25, -0.2) is 0 Å². The van der Waals surface area contributed by atoms with Crippen LogP contribution in [0, 0.1) is 13.8 Å². The molecule has 2 heterocycles. The van der Waals surface area contributed by atoms with E-state index in [-0.39, 0.29) is 0 Å². The highest BCUT2D eigenvalue weighted by atomic mass is 16.4. The molecule has 0 amide bonds. The molecule has 0 radical (unpaired) electrons. The summed E-state index contributed by atoms with van der Waals surface area (Å²) in [4.78, 5) is 20.7. The Morgan fingerprint density at radius 1 is 1.12 bits per heavy atom. The van der Waals surface area contributed by atoms with Crippen LogP contribution in [0.4, 0.5) is 0 Å². The van der Waals surface area contributed by atoms with E-state index in [0.29, 0.717) is 0 Å². The summed E-state index contributed by atoms with van der Waals surface area (Å²) in [6.45, 7) is 8.36. The van der Waals surface area contributed by atoms with Crippen molar-refractivity contribution >= 4 is 5.97 Å². The zero-order valence-electron chi connectivity index (χ0n) is 15.6. The summed E-state index contributed by atoms with van der Waals surface area (Å²) in [6.07, 6.45) is 4.61. The van der Waals surface area contributed by atoms with E-state index in [2.05, 4.69) is 14.8 Å². The molecule has 1 N–H and O–H groups in total. The summed E-state index contributed by atoms with van der Waals surface area (Å²) in [6, 6.07) is 9.46. The van der Waals surface area contributed by atoms with Crippen LogP contribution in [-0.2, 0) is 11.3 Å². The van der Waals surface area contributed by atoms with E-state index in [4.69, 9.17) is 0 Å². The number of carboxylic acids is 1. The van der Waals surface area contributed by atoms with Gasteiger partial charge < -0.3 is 5.11 Å². The molecule has 1 aromatic heterocycles. The van der Waals surface area contributed by atoms with Gasteiger partial charge in [-0.1, -0.05) is 18.2 Å². The van der Waals surface area contributed by atoms with Gasteiger partial charge in [0, 0.05) is 38.6 Å². The first kappa shape index (κ1) is 18.5. The van der Waals surface area contributed by atoms with Gasteiger partial charge in [0.05, 0.1) is 0 Å². The molecule has 1 aromatic carbocycles. The third-order valence-corrected chi connectivity index (χ3v) is 5.32. The molecular formula is C21H27N3O2. The number of pyridine rings is 1. The maximum Gasteiger partial charge on any atom is 0.325 e. The Morgan fingerprint density at radius 3 is 2.62 bits per heavy atom. The van der Waals surface area contributed by atoms with Gasteiger partial charge in [-0.15, -0.1) is 0 Å². The van der Waals surface area contributed by atoms with E-state index in [1.165, 1.54) is 5.56 Å². The summed E-state index contributed by atoms with van der Waals surface area (Å²) in [7, 11) is 0. The van der Waals surface area contributed by atoms with Crippen molar-refractivity contribution in [3.8, 4) is 0 Å². The summed E-state index contributed by atoms with van der Waals surface area (Å²) < 4.78 is 0. The number of rotatable bonds is 5. The largest absolute Gasteiger partial charge is 0.480 e. The fourth-order valence-electron chi connectivity index (χ4n) is 3.71.